The Balaban J connectivity index is 1.59. The molecule has 0 saturated heterocycles. The van der Waals surface area contributed by atoms with Gasteiger partial charge in [0.1, 0.15) is 6.04 Å². The van der Waals surface area contributed by atoms with Crippen LogP contribution < -0.4 is 14.8 Å². The lowest BCUT2D eigenvalue weighted by molar-refractivity contribution is -0.141. The van der Waals surface area contributed by atoms with E-state index in [4.69, 9.17) is 21.1 Å². The highest BCUT2D eigenvalue weighted by Gasteiger charge is 2.30. The van der Waals surface area contributed by atoms with Crippen LogP contribution in [0.4, 0.5) is 0 Å². The van der Waals surface area contributed by atoms with Crippen LogP contribution in [0.5, 0.6) is 11.5 Å². The normalized spacial score (nSPS) is 12.9. The van der Waals surface area contributed by atoms with Crippen LogP contribution in [0.2, 0.25) is 5.02 Å². The molecule has 1 heterocycles. The van der Waals surface area contributed by atoms with Gasteiger partial charge >= 0.3 is 0 Å². The molecule has 0 saturated carbocycles. The predicted octanol–water partition coefficient (Wildman–Crippen LogP) is 5.17. The van der Waals surface area contributed by atoms with Gasteiger partial charge in [0.2, 0.25) is 18.6 Å². The summed E-state index contributed by atoms with van der Waals surface area (Å²) in [5, 5.41) is 3.63. The lowest BCUT2D eigenvalue weighted by Crippen LogP contribution is -2.51. The fourth-order valence-corrected chi connectivity index (χ4v) is 4.34. The van der Waals surface area contributed by atoms with E-state index in [1.54, 1.807) is 17.0 Å². The van der Waals surface area contributed by atoms with Crippen molar-refractivity contribution < 1.29 is 19.1 Å². The van der Waals surface area contributed by atoms with E-state index in [1.165, 1.54) is 0 Å². The third-order valence-corrected chi connectivity index (χ3v) is 6.28. The second-order valence-electron chi connectivity index (χ2n) is 9.20. The minimum Gasteiger partial charge on any atom is -0.454 e. The second kappa shape index (κ2) is 12.0. The van der Waals surface area contributed by atoms with Crippen LogP contribution in [0.1, 0.15) is 37.0 Å². The fourth-order valence-electron chi connectivity index (χ4n) is 4.21. The topological polar surface area (TPSA) is 67.9 Å². The number of nitrogens with zero attached hydrogens (tertiary/aromatic N) is 1. The summed E-state index contributed by atoms with van der Waals surface area (Å²) in [6, 6.07) is 22.2. The molecule has 36 heavy (non-hydrogen) atoms. The lowest BCUT2D eigenvalue weighted by Gasteiger charge is -2.32. The van der Waals surface area contributed by atoms with Gasteiger partial charge in [-0.1, -0.05) is 60.1 Å². The molecule has 3 aromatic carbocycles. The number of halogens is 1. The van der Waals surface area contributed by atoms with Crippen LogP contribution in [-0.2, 0) is 29.0 Å². The number of nitrogens with one attached hydrogen (secondary N) is 1. The van der Waals surface area contributed by atoms with E-state index in [1.807, 2.05) is 74.5 Å². The summed E-state index contributed by atoms with van der Waals surface area (Å²) in [5.41, 5.74) is 2.88. The Morgan fingerprint density at radius 2 is 1.61 bits per heavy atom. The van der Waals surface area contributed by atoms with Gasteiger partial charge in [0.05, 0.1) is 0 Å². The SMILES string of the molecule is CC(C)NC(=O)[C@@H](Cc1ccccc1)N(Cc1ccc(Cl)cc1)C(=O)CCc1ccc2c(c1)OCO2. The van der Waals surface area contributed by atoms with Crippen LogP contribution in [0.25, 0.3) is 0 Å². The summed E-state index contributed by atoms with van der Waals surface area (Å²) in [5.74, 6) is 1.14. The first-order chi connectivity index (χ1) is 17.4. The zero-order valence-corrected chi connectivity index (χ0v) is 21.3. The van der Waals surface area contributed by atoms with E-state index in [-0.39, 0.29) is 31.1 Å². The number of benzene rings is 3. The van der Waals surface area contributed by atoms with Crippen molar-refractivity contribution in [2.45, 2.75) is 51.7 Å². The summed E-state index contributed by atoms with van der Waals surface area (Å²) in [6.45, 7) is 4.35. The molecule has 0 radical (unpaired) electrons. The Hall–Kier alpha value is -3.51. The number of fused-ring (bicyclic) bond motifs is 1. The van der Waals surface area contributed by atoms with Gasteiger partial charge in [-0.05, 0) is 61.2 Å². The maximum absolute atomic E-state index is 13.7. The third-order valence-electron chi connectivity index (χ3n) is 6.03. The Morgan fingerprint density at radius 3 is 2.33 bits per heavy atom. The minimum atomic E-state index is -0.658. The summed E-state index contributed by atoms with van der Waals surface area (Å²) in [6.07, 6.45) is 1.20. The Kier molecular flexibility index (Phi) is 8.49. The molecular formula is C29H31ClN2O4. The molecule has 6 nitrogen and oxygen atoms in total. The molecule has 1 aliphatic rings. The number of carbonyl (C=O) groups is 2. The van der Waals surface area contributed by atoms with Crippen LogP contribution >= 0.6 is 11.6 Å². The summed E-state index contributed by atoms with van der Waals surface area (Å²) < 4.78 is 10.9. The highest BCUT2D eigenvalue weighted by atomic mass is 35.5. The molecule has 1 aliphatic heterocycles. The highest BCUT2D eigenvalue weighted by Crippen LogP contribution is 2.33. The molecule has 1 N–H and O–H groups in total. The van der Waals surface area contributed by atoms with Gasteiger partial charge < -0.3 is 19.7 Å². The Labute approximate surface area is 217 Å². The number of ether oxygens (including phenoxy) is 2. The number of hydrogen-bond acceptors (Lipinski definition) is 4. The molecule has 0 fully saturated rings. The zero-order valence-electron chi connectivity index (χ0n) is 20.6. The maximum Gasteiger partial charge on any atom is 0.243 e. The largest absolute Gasteiger partial charge is 0.454 e. The van der Waals surface area contributed by atoms with Crippen molar-refractivity contribution in [3.63, 3.8) is 0 Å². The van der Waals surface area contributed by atoms with E-state index in [2.05, 4.69) is 5.32 Å². The summed E-state index contributed by atoms with van der Waals surface area (Å²) >= 11 is 6.08. The van der Waals surface area contributed by atoms with Crippen LogP contribution in [0.3, 0.4) is 0 Å². The average Bonchev–Trinajstić information content (AvgIpc) is 3.34. The number of rotatable bonds is 10. The molecule has 188 valence electrons. The van der Waals surface area contributed by atoms with E-state index < -0.39 is 6.04 Å². The van der Waals surface area contributed by atoms with Crippen molar-refractivity contribution in [2.24, 2.45) is 0 Å². The number of hydrogen-bond donors (Lipinski definition) is 1. The molecule has 1 atom stereocenters. The zero-order chi connectivity index (χ0) is 25.5. The van der Waals surface area contributed by atoms with Gasteiger partial charge in [0.25, 0.3) is 0 Å². The molecule has 0 aliphatic carbocycles. The van der Waals surface area contributed by atoms with Gasteiger partial charge in [-0.2, -0.15) is 0 Å². The van der Waals surface area contributed by atoms with E-state index in [0.717, 1.165) is 16.7 Å². The van der Waals surface area contributed by atoms with Gasteiger partial charge in [0.15, 0.2) is 11.5 Å². The first-order valence-corrected chi connectivity index (χ1v) is 12.5. The fraction of sp³-hybridized carbons (Fsp3) is 0.310. The summed E-state index contributed by atoms with van der Waals surface area (Å²) in [4.78, 5) is 28.8. The van der Waals surface area contributed by atoms with Crippen molar-refractivity contribution in [1.29, 1.82) is 0 Å². The quantitative estimate of drug-likeness (QED) is 0.412. The second-order valence-corrected chi connectivity index (χ2v) is 9.64. The van der Waals surface area contributed by atoms with Crippen molar-refractivity contribution in [3.05, 3.63) is 94.5 Å². The van der Waals surface area contributed by atoms with Gasteiger partial charge in [-0.15, -0.1) is 0 Å². The molecule has 7 heteroatoms. The molecule has 2 amide bonds. The van der Waals surface area contributed by atoms with Crippen molar-refractivity contribution >= 4 is 23.4 Å². The third kappa shape index (κ3) is 6.79. The molecule has 0 aromatic heterocycles. The highest BCUT2D eigenvalue weighted by molar-refractivity contribution is 6.30. The molecule has 0 bridgehead atoms. The molecule has 0 spiro atoms. The van der Waals surface area contributed by atoms with Gasteiger partial charge in [-0.3, -0.25) is 9.59 Å². The van der Waals surface area contributed by atoms with Gasteiger partial charge in [-0.25, -0.2) is 0 Å². The van der Waals surface area contributed by atoms with Crippen molar-refractivity contribution in [1.82, 2.24) is 10.2 Å². The van der Waals surface area contributed by atoms with Crippen LogP contribution in [-0.4, -0.2) is 35.6 Å². The summed E-state index contributed by atoms with van der Waals surface area (Å²) in [7, 11) is 0. The number of aryl methyl sites for hydroxylation is 1. The Morgan fingerprint density at radius 1 is 0.917 bits per heavy atom. The average molecular weight is 507 g/mol. The smallest absolute Gasteiger partial charge is 0.243 e. The van der Waals surface area contributed by atoms with Crippen LogP contribution in [0, 0.1) is 0 Å². The van der Waals surface area contributed by atoms with Crippen molar-refractivity contribution in [2.75, 3.05) is 6.79 Å². The first-order valence-electron chi connectivity index (χ1n) is 12.2. The van der Waals surface area contributed by atoms with Crippen LogP contribution in [0.15, 0.2) is 72.8 Å². The molecular weight excluding hydrogens is 476 g/mol. The standard InChI is InChI=1S/C29H31ClN2O4/c1-20(2)31-29(34)25(16-21-6-4-3-5-7-21)32(18-23-8-12-24(30)13-9-23)28(33)15-11-22-10-14-26-27(17-22)36-19-35-26/h3-10,12-14,17,20,25H,11,15-16,18-19H2,1-2H3,(H,31,34)/t25-/m1/s1. The molecule has 0 unspecified atom stereocenters. The molecule has 4 rings (SSSR count). The monoisotopic (exact) mass is 506 g/mol. The number of amides is 2. The predicted molar refractivity (Wildman–Crippen MR) is 140 cm³/mol. The maximum atomic E-state index is 13.7. The minimum absolute atomic E-state index is 0.0445. The van der Waals surface area contributed by atoms with E-state index in [0.29, 0.717) is 35.9 Å². The van der Waals surface area contributed by atoms with E-state index >= 15 is 0 Å². The van der Waals surface area contributed by atoms with E-state index in [9.17, 15) is 9.59 Å². The van der Waals surface area contributed by atoms with Gasteiger partial charge in [0, 0.05) is 30.5 Å². The van der Waals surface area contributed by atoms with Crippen molar-refractivity contribution in [3.8, 4) is 11.5 Å². The molecule has 3 aromatic rings. The lowest BCUT2D eigenvalue weighted by atomic mass is 10.0. The first kappa shape index (κ1) is 25.6. The number of carbonyl (C=O) groups excluding carboxylic acids is 2. The Bertz CT molecular complexity index is 1180.